The predicted molar refractivity (Wildman–Crippen MR) is 83.2 cm³/mol. The molecule has 0 saturated carbocycles. The van der Waals surface area contributed by atoms with Crippen LogP contribution in [0.15, 0.2) is 36.7 Å². The van der Waals surface area contributed by atoms with Crippen LogP contribution in [0, 0.1) is 0 Å². The second-order valence-corrected chi connectivity index (χ2v) is 4.98. The average Bonchev–Trinajstić information content (AvgIpc) is 2.53. The van der Waals surface area contributed by atoms with E-state index in [4.69, 9.17) is 4.74 Å². The third-order valence-electron chi connectivity index (χ3n) is 2.99. The fourth-order valence-corrected chi connectivity index (χ4v) is 1.88. The molecule has 2 amide bonds. The third kappa shape index (κ3) is 6.05. The van der Waals surface area contributed by atoms with E-state index in [1.807, 2.05) is 0 Å². The number of carboxylic acids is 1. The molecule has 8 nitrogen and oxygen atoms in total. The van der Waals surface area contributed by atoms with Gasteiger partial charge in [-0.2, -0.15) is 0 Å². The Balaban J connectivity index is 2.99. The monoisotopic (exact) mass is 323 g/mol. The molecule has 1 rings (SSSR count). The molecular weight excluding hydrogens is 302 g/mol. The number of carbonyl (C=O) groups excluding carboxylic acids is 2. The quantitative estimate of drug-likeness (QED) is 0.551. The van der Waals surface area contributed by atoms with Crippen LogP contribution in [0.3, 0.4) is 0 Å². The van der Waals surface area contributed by atoms with Crippen molar-refractivity contribution in [3.63, 3.8) is 0 Å². The fraction of sp³-hybridized carbons (Fsp3) is 0.400. The van der Waals surface area contributed by atoms with Crippen LogP contribution in [0.2, 0.25) is 0 Å². The molecule has 23 heavy (non-hydrogen) atoms. The number of carbonyl (C=O) groups is 3. The normalized spacial score (nSPS) is 18.0. The molecular formula is C15H21N3O5. The van der Waals surface area contributed by atoms with Crippen LogP contribution < -0.4 is 10.6 Å². The van der Waals surface area contributed by atoms with Crippen molar-refractivity contribution < 1.29 is 24.2 Å². The maximum Gasteiger partial charge on any atom is 0.353 e. The molecule has 1 fully saturated rings. The molecule has 1 atom stereocenters. The molecule has 1 aliphatic rings. The second kappa shape index (κ2) is 8.86. The SMILES string of the molecule is C=CC(=O)NC(=CN(CC1CNCCO1)C(=O)C(=C)C)C(=O)O. The summed E-state index contributed by atoms with van der Waals surface area (Å²) in [6, 6.07) is 0. The van der Waals surface area contributed by atoms with E-state index in [0.29, 0.717) is 13.2 Å². The molecule has 0 aliphatic carbocycles. The number of hydrogen-bond acceptors (Lipinski definition) is 5. The van der Waals surface area contributed by atoms with Gasteiger partial charge in [0.25, 0.3) is 5.91 Å². The van der Waals surface area contributed by atoms with Crippen molar-refractivity contribution in [3.05, 3.63) is 36.7 Å². The number of carboxylic acid groups (broad SMARTS) is 1. The van der Waals surface area contributed by atoms with Gasteiger partial charge in [0.1, 0.15) is 5.70 Å². The Morgan fingerprint density at radius 2 is 2.17 bits per heavy atom. The van der Waals surface area contributed by atoms with Gasteiger partial charge in [-0.1, -0.05) is 13.2 Å². The minimum atomic E-state index is -1.37. The van der Waals surface area contributed by atoms with Gasteiger partial charge >= 0.3 is 5.97 Å². The number of rotatable bonds is 7. The zero-order chi connectivity index (χ0) is 17.4. The highest BCUT2D eigenvalue weighted by atomic mass is 16.5. The Labute approximate surface area is 134 Å². The van der Waals surface area contributed by atoms with Crippen LogP contribution >= 0.6 is 0 Å². The maximum absolute atomic E-state index is 12.2. The van der Waals surface area contributed by atoms with Crippen molar-refractivity contribution in [2.45, 2.75) is 13.0 Å². The van der Waals surface area contributed by atoms with Gasteiger partial charge in [0.05, 0.1) is 19.3 Å². The Bertz CT molecular complexity index is 535. The number of hydrogen-bond donors (Lipinski definition) is 3. The molecule has 1 aliphatic heterocycles. The van der Waals surface area contributed by atoms with Crippen molar-refractivity contribution in [3.8, 4) is 0 Å². The molecule has 126 valence electrons. The Hall–Kier alpha value is -2.45. The Morgan fingerprint density at radius 3 is 2.65 bits per heavy atom. The van der Waals surface area contributed by atoms with Crippen LogP contribution in [0.4, 0.5) is 0 Å². The van der Waals surface area contributed by atoms with Crippen molar-refractivity contribution in [1.82, 2.24) is 15.5 Å². The highest BCUT2D eigenvalue weighted by molar-refractivity contribution is 5.98. The molecule has 0 bridgehead atoms. The summed E-state index contributed by atoms with van der Waals surface area (Å²) >= 11 is 0. The molecule has 1 unspecified atom stereocenters. The number of amides is 2. The summed E-state index contributed by atoms with van der Waals surface area (Å²) < 4.78 is 5.52. The lowest BCUT2D eigenvalue weighted by molar-refractivity contribution is -0.134. The lowest BCUT2D eigenvalue weighted by atomic mass is 10.2. The molecule has 8 heteroatoms. The maximum atomic E-state index is 12.2. The third-order valence-corrected chi connectivity index (χ3v) is 2.99. The topological polar surface area (TPSA) is 108 Å². The number of morpholine rings is 1. The molecule has 0 aromatic carbocycles. The summed E-state index contributed by atoms with van der Waals surface area (Å²) in [6.07, 6.45) is 1.72. The number of aliphatic carboxylic acids is 1. The predicted octanol–water partition coefficient (Wildman–Crippen LogP) is -0.392. The summed E-state index contributed by atoms with van der Waals surface area (Å²) in [5, 5.41) is 14.4. The van der Waals surface area contributed by atoms with E-state index in [1.54, 1.807) is 0 Å². The van der Waals surface area contributed by atoms with E-state index in [2.05, 4.69) is 23.8 Å². The van der Waals surface area contributed by atoms with E-state index >= 15 is 0 Å². The van der Waals surface area contributed by atoms with Gasteiger partial charge in [0, 0.05) is 24.9 Å². The van der Waals surface area contributed by atoms with E-state index in [-0.39, 0.29) is 18.2 Å². The van der Waals surface area contributed by atoms with Gasteiger partial charge in [0.15, 0.2) is 0 Å². The first-order valence-electron chi connectivity index (χ1n) is 7.02. The second-order valence-electron chi connectivity index (χ2n) is 4.98. The largest absolute Gasteiger partial charge is 0.477 e. The molecule has 0 aromatic heterocycles. The molecule has 1 heterocycles. The highest BCUT2D eigenvalue weighted by Gasteiger charge is 2.22. The van der Waals surface area contributed by atoms with E-state index in [9.17, 15) is 19.5 Å². The minimum absolute atomic E-state index is 0.138. The van der Waals surface area contributed by atoms with Gasteiger partial charge < -0.3 is 25.4 Å². The first-order valence-corrected chi connectivity index (χ1v) is 7.02. The van der Waals surface area contributed by atoms with Crippen LogP contribution in [0.5, 0.6) is 0 Å². The lowest BCUT2D eigenvalue weighted by Crippen LogP contribution is -2.46. The zero-order valence-corrected chi connectivity index (χ0v) is 13.0. The minimum Gasteiger partial charge on any atom is -0.477 e. The fourth-order valence-electron chi connectivity index (χ4n) is 1.88. The van der Waals surface area contributed by atoms with Gasteiger partial charge in [0.2, 0.25) is 5.91 Å². The van der Waals surface area contributed by atoms with Gasteiger partial charge in [-0.15, -0.1) is 0 Å². The van der Waals surface area contributed by atoms with Crippen LogP contribution in [-0.2, 0) is 19.1 Å². The molecule has 0 radical (unpaired) electrons. The van der Waals surface area contributed by atoms with Crippen LogP contribution in [-0.4, -0.2) is 60.1 Å². The van der Waals surface area contributed by atoms with Crippen molar-refractivity contribution in [2.24, 2.45) is 0 Å². The Kier molecular flexibility index (Phi) is 7.17. The number of ether oxygens (including phenoxy) is 1. The van der Waals surface area contributed by atoms with Gasteiger partial charge in [-0.25, -0.2) is 4.79 Å². The summed E-state index contributed by atoms with van der Waals surface area (Å²) in [5.41, 5.74) is -0.196. The molecule has 1 saturated heterocycles. The zero-order valence-electron chi connectivity index (χ0n) is 13.0. The Morgan fingerprint density at radius 1 is 1.48 bits per heavy atom. The van der Waals surface area contributed by atoms with Crippen molar-refractivity contribution in [2.75, 3.05) is 26.2 Å². The smallest absolute Gasteiger partial charge is 0.353 e. The first kappa shape index (κ1) is 18.6. The molecule has 0 aromatic rings. The summed E-state index contributed by atoms with van der Waals surface area (Å²) in [6.45, 7) is 10.2. The van der Waals surface area contributed by atoms with Crippen molar-refractivity contribution >= 4 is 17.8 Å². The number of nitrogens with zero attached hydrogens (tertiary/aromatic N) is 1. The summed E-state index contributed by atoms with van der Waals surface area (Å²) in [7, 11) is 0. The van der Waals surface area contributed by atoms with Crippen LogP contribution in [0.1, 0.15) is 6.92 Å². The van der Waals surface area contributed by atoms with Crippen molar-refractivity contribution in [1.29, 1.82) is 0 Å². The standard InChI is InChI=1S/C15H21N3O5/c1-4-13(19)17-12(15(21)22)9-18(14(20)10(2)3)8-11-7-16-5-6-23-11/h4,9,11,16H,1-2,5-8H2,3H3,(H,17,19)(H,21,22). The van der Waals surface area contributed by atoms with Gasteiger partial charge in [-0.3, -0.25) is 9.59 Å². The van der Waals surface area contributed by atoms with E-state index in [1.165, 1.54) is 11.8 Å². The van der Waals surface area contributed by atoms with Crippen LogP contribution in [0.25, 0.3) is 0 Å². The average molecular weight is 323 g/mol. The lowest BCUT2D eigenvalue weighted by Gasteiger charge is -2.29. The van der Waals surface area contributed by atoms with E-state index in [0.717, 1.165) is 18.8 Å². The van der Waals surface area contributed by atoms with E-state index < -0.39 is 23.5 Å². The highest BCUT2D eigenvalue weighted by Crippen LogP contribution is 2.07. The van der Waals surface area contributed by atoms with Gasteiger partial charge in [-0.05, 0) is 13.0 Å². The molecule has 0 spiro atoms. The molecule has 3 N–H and O–H groups in total. The first-order chi connectivity index (χ1) is 10.8. The summed E-state index contributed by atoms with van der Waals surface area (Å²) in [4.78, 5) is 35.9. The summed E-state index contributed by atoms with van der Waals surface area (Å²) in [5.74, 6) is -2.51. The number of nitrogens with one attached hydrogen (secondary N) is 2.